The lowest BCUT2D eigenvalue weighted by Gasteiger charge is -2.34. The first-order valence-electron chi connectivity index (χ1n) is 8.97. The van der Waals surface area contributed by atoms with Crippen LogP contribution in [0.4, 0.5) is 0 Å². The molecule has 0 fully saturated rings. The van der Waals surface area contributed by atoms with E-state index in [1.54, 1.807) is 24.3 Å². The molecule has 6 nitrogen and oxygen atoms in total. The molecule has 0 saturated carbocycles. The number of aldehydes is 1. The van der Waals surface area contributed by atoms with Gasteiger partial charge in [0.25, 0.3) is 0 Å². The minimum Gasteiger partial charge on any atom is -0.479 e. The van der Waals surface area contributed by atoms with E-state index in [0.717, 1.165) is 19.3 Å². The van der Waals surface area contributed by atoms with Crippen molar-refractivity contribution in [2.24, 2.45) is 0 Å². The summed E-state index contributed by atoms with van der Waals surface area (Å²) in [7, 11) is 0. The van der Waals surface area contributed by atoms with Gasteiger partial charge in [-0.2, -0.15) is 5.26 Å². The zero-order valence-electron chi connectivity index (χ0n) is 15.4. The number of unbranched alkanes of at least 4 members (excludes halogenated alkanes) is 2. The molecule has 0 saturated heterocycles. The summed E-state index contributed by atoms with van der Waals surface area (Å²) in [6.45, 7) is 4.44. The van der Waals surface area contributed by atoms with Gasteiger partial charge in [0.15, 0.2) is 12.4 Å². The van der Waals surface area contributed by atoms with Gasteiger partial charge >= 0.3 is 5.97 Å². The number of carbonyl (C=O) groups is 2. The molecule has 0 spiro atoms. The average molecular weight is 361 g/mol. The van der Waals surface area contributed by atoms with Crippen molar-refractivity contribution in [1.82, 2.24) is 0 Å². The summed E-state index contributed by atoms with van der Waals surface area (Å²) in [5.74, 6) is -1.25. The van der Waals surface area contributed by atoms with Gasteiger partial charge in [0, 0.05) is 19.6 Å². The van der Waals surface area contributed by atoms with E-state index in [1.165, 1.54) is 0 Å². The second kappa shape index (κ2) is 11.4. The molecule has 142 valence electrons. The first-order valence-corrected chi connectivity index (χ1v) is 8.97. The zero-order chi connectivity index (χ0) is 19.4. The summed E-state index contributed by atoms with van der Waals surface area (Å²) in [5.41, 5.74) is -0.794. The molecule has 2 atom stereocenters. The lowest BCUT2D eigenvalue weighted by atomic mass is 9.88. The molecule has 0 aromatic heterocycles. The van der Waals surface area contributed by atoms with Crippen LogP contribution in [-0.4, -0.2) is 42.3 Å². The third-order valence-electron chi connectivity index (χ3n) is 4.12. The van der Waals surface area contributed by atoms with Crippen molar-refractivity contribution in [2.75, 3.05) is 13.2 Å². The molecule has 1 rings (SSSR count). The minimum absolute atomic E-state index is 0.0584. The van der Waals surface area contributed by atoms with Crippen molar-refractivity contribution < 1.29 is 24.2 Å². The van der Waals surface area contributed by atoms with Gasteiger partial charge in [-0.1, -0.05) is 38.8 Å². The fourth-order valence-corrected chi connectivity index (χ4v) is 2.58. The Morgan fingerprint density at radius 3 is 2.58 bits per heavy atom. The van der Waals surface area contributed by atoms with Crippen LogP contribution in [0.15, 0.2) is 24.3 Å². The van der Waals surface area contributed by atoms with E-state index >= 15 is 0 Å². The van der Waals surface area contributed by atoms with E-state index in [2.05, 4.69) is 0 Å². The summed E-state index contributed by atoms with van der Waals surface area (Å²) in [5, 5.41) is 19.0. The molecule has 0 aliphatic heterocycles. The lowest BCUT2D eigenvalue weighted by molar-refractivity contribution is -0.189. The summed E-state index contributed by atoms with van der Waals surface area (Å²) < 4.78 is 11.3. The van der Waals surface area contributed by atoms with Crippen molar-refractivity contribution in [1.29, 1.82) is 5.26 Å². The number of nitrogens with zero attached hydrogens (tertiary/aromatic N) is 1. The first kappa shape index (κ1) is 21.8. The molecule has 0 aliphatic carbocycles. The van der Waals surface area contributed by atoms with Crippen LogP contribution in [0, 0.1) is 11.3 Å². The van der Waals surface area contributed by atoms with Crippen LogP contribution in [0.5, 0.6) is 0 Å². The fraction of sp³-hybridized carbons (Fsp3) is 0.550. The zero-order valence-corrected chi connectivity index (χ0v) is 15.4. The highest BCUT2D eigenvalue weighted by atomic mass is 16.6. The number of carboxylic acid groups (broad SMARTS) is 1. The molecule has 6 heteroatoms. The molecule has 0 bridgehead atoms. The summed E-state index contributed by atoms with van der Waals surface area (Å²) in [6.07, 6.45) is 2.32. The third kappa shape index (κ3) is 5.94. The monoisotopic (exact) mass is 361 g/mol. The van der Waals surface area contributed by atoms with Gasteiger partial charge in [-0.3, -0.25) is 0 Å². The maximum Gasteiger partial charge on any atom is 0.339 e. The Hall–Kier alpha value is -2.23. The number of hydrogen-bond acceptors (Lipinski definition) is 5. The molecule has 0 radical (unpaired) electrons. The number of benzene rings is 1. The van der Waals surface area contributed by atoms with Crippen molar-refractivity contribution in [3.63, 3.8) is 0 Å². The van der Waals surface area contributed by atoms with Crippen molar-refractivity contribution in [2.45, 2.75) is 57.7 Å². The second-order valence-corrected chi connectivity index (χ2v) is 6.17. The molecule has 1 aromatic carbocycles. The van der Waals surface area contributed by atoms with Gasteiger partial charge in [-0.05, 0) is 30.5 Å². The van der Waals surface area contributed by atoms with Crippen LogP contribution in [0.1, 0.15) is 50.7 Å². The Morgan fingerprint density at radius 1 is 1.31 bits per heavy atom. The van der Waals surface area contributed by atoms with Crippen LogP contribution in [-0.2, 0) is 25.5 Å². The number of nitriles is 1. The van der Waals surface area contributed by atoms with Crippen LogP contribution in [0.2, 0.25) is 0 Å². The van der Waals surface area contributed by atoms with E-state index in [9.17, 15) is 14.7 Å². The molecule has 2 unspecified atom stereocenters. The van der Waals surface area contributed by atoms with E-state index in [4.69, 9.17) is 14.7 Å². The normalized spacial score (nSPS) is 14.2. The first-order chi connectivity index (χ1) is 12.5. The lowest BCUT2D eigenvalue weighted by Crippen LogP contribution is -2.55. The smallest absolute Gasteiger partial charge is 0.339 e. The molecule has 1 aromatic rings. The Morgan fingerprint density at radius 2 is 2.00 bits per heavy atom. The van der Waals surface area contributed by atoms with Gasteiger partial charge in [0.05, 0.1) is 11.6 Å². The van der Waals surface area contributed by atoms with E-state index in [0.29, 0.717) is 23.8 Å². The highest BCUT2D eigenvalue weighted by Gasteiger charge is 2.48. The fourth-order valence-electron chi connectivity index (χ4n) is 2.58. The molecule has 0 aliphatic rings. The topological polar surface area (TPSA) is 96.6 Å². The van der Waals surface area contributed by atoms with Gasteiger partial charge in [0.2, 0.25) is 5.60 Å². The van der Waals surface area contributed by atoms with Gasteiger partial charge < -0.3 is 19.4 Å². The molecule has 1 N–H and O–H groups in total. The predicted molar refractivity (Wildman–Crippen MR) is 96.8 cm³/mol. The van der Waals surface area contributed by atoms with E-state index in [-0.39, 0.29) is 19.6 Å². The summed E-state index contributed by atoms with van der Waals surface area (Å²) in [6, 6.07) is 8.67. The van der Waals surface area contributed by atoms with Crippen LogP contribution in [0.25, 0.3) is 0 Å². The van der Waals surface area contributed by atoms with E-state index in [1.807, 2.05) is 19.9 Å². The maximum absolute atomic E-state index is 12.2. The van der Waals surface area contributed by atoms with Gasteiger partial charge in [0.1, 0.15) is 0 Å². The van der Waals surface area contributed by atoms with Crippen LogP contribution < -0.4 is 0 Å². The summed E-state index contributed by atoms with van der Waals surface area (Å²) in [4.78, 5) is 23.9. The standard InChI is InChI=1S/C20H27NO5/c1-3-5-10-25-18(15-22)20(19(23)24,26-11-6-4-2)13-16-8-7-9-17(12-16)14-21/h7-9,12,15,18H,3-6,10-11,13H2,1-2H3,(H,23,24). The van der Waals surface area contributed by atoms with Crippen molar-refractivity contribution in [3.05, 3.63) is 35.4 Å². The van der Waals surface area contributed by atoms with Crippen molar-refractivity contribution >= 4 is 12.3 Å². The van der Waals surface area contributed by atoms with Crippen molar-refractivity contribution in [3.8, 4) is 6.07 Å². The highest BCUT2D eigenvalue weighted by molar-refractivity contribution is 5.84. The predicted octanol–water partition coefficient (Wildman–Crippen LogP) is 3.13. The molecule has 26 heavy (non-hydrogen) atoms. The minimum atomic E-state index is -1.82. The number of aliphatic carboxylic acids is 1. The summed E-state index contributed by atoms with van der Waals surface area (Å²) >= 11 is 0. The number of carbonyl (C=O) groups excluding carboxylic acids is 1. The van der Waals surface area contributed by atoms with Gasteiger partial charge in [-0.25, -0.2) is 4.79 Å². The Labute approximate surface area is 154 Å². The number of rotatable bonds is 13. The quantitative estimate of drug-likeness (QED) is 0.428. The SMILES string of the molecule is CCCCOC(C=O)C(Cc1cccc(C#N)c1)(OCCCC)C(=O)O. The third-order valence-corrected chi connectivity index (χ3v) is 4.12. The van der Waals surface area contributed by atoms with Crippen LogP contribution in [0.3, 0.4) is 0 Å². The Bertz CT molecular complexity index is 625. The van der Waals surface area contributed by atoms with E-state index < -0.39 is 17.7 Å². The molecular formula is C20H27NO5. The maximum atomic E-state index is 12.2. The Balaban J connectivity index is 3.20. The molecular weight excluding hydrogens is 334 g/mol. The van der Waals surface area contributed by atoms with Crippen LogP contribution >= 0.6 is 0 Å². The molecule has 0 amide bonds. The molecule has 0 heterocycles. The average Bonchev–Trinajstić information content (AvgIpc) is 2.64. The largest absolute Gasteiger partial charge is 0.479 e. The number of ether oxygens (including phenoxy) is 2. The number of hydrogen-bond donors (Lipinski definition) is 1. The Kier molecular flexibility index (Phi) is 9.56. The second-order valence-electron chi connectivity index (χ2n) is 6.17. The highest BCUT2D eigenvalue weighted by Crippen LogP contribution is 2.26. The van der Waals surface area contributed by atoms with Gasteiger partial charge in [-0.15, -0.1) is 0 Å². The number of carboxylic acids is 1.